The average Bonchev–Trinajstić information content (AvgIpc) is 2.80. The Bertz CT molecular complexity index is 1360. The van der Waals surface area contributed by atoms with Crippen LogP contribution in [-0.2, 0) is 26.0 Å². The topological polar surface area (TPSA) is 119 Å². The van der Waals surface area contributed by atoms with Crippen LogP contribution in [0.15, 0.2) is 65.6 Å². The number of hydrogen-bond donors (Lipinski definition) is 2. The highest BCUT2D eigenvalue weighted by Gasteiger charge is 2.30. The number of nitrogens with two attached hydrogens (primary N) is 1. The Morgan fingerprint density at radius 3 is 2.31 bits per heavy atom. The van der Waals surface area contributed by atoms with Gasteiger partial charge in [-0.25, -0.2) is 8.42 Å². The number of methoxy groups -OCH3 is 1. The molecule has 0 aliphatic rings. The minimum absolute atomic E-state index is 0.0692. The van der Waals surface area contributed by atoms with Crippen LogP contribution in [0.25, 0.3) is 0 Å². The van der Waals surface area contributed by atoms with Crippen LogP contribution in [0.4, 0.5) is 11.4 Å². The maximum Gasteiger partial charge on any atom is 0.268 e. The number of halogens is 1. The summed E-state index contributed by atoms with van der Waals surface area (Å²) in [5.74, 6) is -0.880. The molecule has 0 spiro atoms. The van der Waals surface area contributed by atoms with E-state index < -0.39 is 28.4 Å². The Kier molecular flexibility index (Phi) is 8.03. The van der Waals surface area contributed by atoms with Crippen molar-refractivity contribution in [2.24, 2.45) is 5.73 Å². The summed E-state index contributed by atoms with van der Waals surface area (Å²) in [5, 5.41) is 3.05. The number of benzene rings is 3. The van der Waals surface area contributed by atoms with Crippen molar-refractivity contribution in [3.8, 4) is 5.75 Å². The normalized spacial score (nSPS) is 11.1. The van der Waals surface area contributed by atoms with Crippen LogP contribution in [0.3, 0.4) is 0 Å². The molecule has 35 heavy (non-hydrogen) atoms. The van der Waals surface area contributed by atoms with Crippen molar-refractivity contribution in [3.63, 3.8) is 0 Å². The SMILES string of the molecule is COc1ccc(C)cc1S(=O)(=O)N(CC(=O)Nc1ccc(CC(N)=O)cc1)c1ccc(C)c(Cl)c1. The van der Waals surface area contributed by atoms with E-state index in [9.17, 15) is 18.0 Å². The molecule has 10 heteroatoms. The Labute approximate surface area is 209 Å². The van der Waals surface area contributed by atoms with E-state index in [1.54, 1.807) is 62.4 Å². The minimum Gasteiger partial charge on any atom is -0.495 e. The highest BCUT2D eigenvalue weighted by atomic mass is 35.5. The zero-order valence-corrected chi connectivity index (χ0v) is 21.1. The van der Waals surface area contributed by atoms with Gasteiger partial charge in [-0.15, -0.1) is 0 Å². The van der Waals surface area contributed by atoms with Crippen molar-refractivity contribution in [1.82, 2.24) is 0 Å². The third kappa shape index (κ3) is 6.32. The number of aryl methyl sites for hydroxylation is 2. The monoisotopic (exact) mass is 515 g/mol. The smallest absolute Gasteiger partial charge is 0.268 e. The molecule has 184 valence electrons. The Hall–Kier alpha value is -3.56. The number of carbonyl (C=O) groups excluding carboxylic acids is 2. The highest BCUT2D eigenvalue weighted by Crippen LogP contribution is 2.32. The highest BCUT2D eigenvalue weighted by molar-refractivity contribution is 7.93. The van der Waals surface area contributed by atoms with Gasteiger partial charge in [0.1, 0.15) is 17.2 Å². The fraction of sp³-hybridized carbons (Fsp3) is 0.200. The molecular weight excluding hydrogens is 490 g/mol. The zero-order valence-electron chi connectivity index (χ0n) is 19.5. The summed E-state index contributed by atoms with van der Waals surface area (Å²) in [5.41, 5.74) is 8.05. The van der Waals surface area contributed by atoms with Gasteiger partial charge in [-0.3, -0.25) is 13.9 Å². The van der Waals surface area contributed by atoms with Crippen LogP contribution in [0.2, 0.25) is 5.02 Å². The number of nitrogens with zero attached hydrogens (tertiary/aromatic N) is 1. The lowest BCUT2D eigenvalue weighted by Gasteiger charge is -2.25. The van der Waals surface area contributed by atoms with Gasteiger partial charge >= 0.3 is 0 Å². The molecule has 3 N–H and O–H groups in total. The number of rotatable bonds is 9. The number of nitrogens with one attached hydrogen (secondary N) is 1. The predicted molar refractivity (Wildman–Crippen MR) is 136 cm³/mol. The fourth-order valence-corrected chi connectivity index (χ4v) is 5.23. The van der Waals surface area contributed by atoms with Crippen LogP contribution in [0.1, 0.15) is 16.7 Å². The number of ether oxygens (including phenoxy) is 1. The molecule has 0 fully saturated rings. The Balaban J connectivity index is 1.96. The molecule has 0 bridgehead atoms. The molecule has 0 aromatic heterocycles. The number of anilines is 2. The molecule has 8 nitrogen and oxygen atoms in total. The van der Waals surface area contributed by atoms with E-state index in [4.69, 9.17) is 22.1 Å². The molecule has 0 heterocycles. The molecule has 3 aromatic rings. The van der Waals surface area contributed by atoms with Gasteiger partial charge in [0.2, 0.25) is 11.8 Å². The van der Waals surface area contributed by atoms with Gasteiger partial charge in [0, 0.05) is 10.7 Å². The molecule has 2 amide bonds. The van der Waals surface area contributed by atoms with E-state index in [-0.39, 0.29) is 22.8 Å². The maximum absolute atomic E-state index is 13.8. The van der Waals surface area contributed by atoms with Gasteiger partial charge in [0.25, 0.3) is 10.0 Å². The number of sulfonamides is 1. The van der Waals surface area contributed by atoms with Gasteiger partial charge in [0.15, 0.2) is 0 Å². The third-order valence-corrected chi connectivity index (χ3v) is 7.44. The lowest BCUT2D eigenvalue weighted by Crippen LogP contribution is -2.38. The number of carbonyl (C=O) groups is 2. The second-order valence-electron chi connectivity index (χ2n) is 7.99. The Morgan fingerprint density at radius 2 is 1.71 bits per heavy atom. The van der Waals surface area contributed by atoms with E-state index in [2.05, 4.69) is 5.32 Å². The lowest BCUT2D eigenvalue weighted by molar-refractivity contribution is -0.117. The molecule has 0 atom stereocenters. The van der Waals surface area contributed by atoms with Gasteiger partial charge < -0.3 is 15.8 Å². The number of amides is 2. The second-order valence-corrected chi connectivity index (χ2v) is 10.2. The molecule has 0 aliphatic carbocycles. The van der Waals surface area contributed by atoms with Crippen LogP contribution in [0.5, 0.6) is 5.75 Å². The van der Waals surface area contributed by atoms with E-state index >= 15 is 0 Å². The van der Waals surface area contributed by atoms with Crippen molar-refractivity contribution in [2.45, 2.75) is 25.2 Å². The van der Waals surface area contributed by atoms with Crippen molar-refractivity contribution in [1.29, 1.82) is 0 Å². The summed E-state index contributed by atoms with van der Waals surface area (Å²) in [7, 11) is -2.84. The van der Waals surface area contributed by atoms with Crippen LogP contribution < -0.4 is 20.1 Å². The van der Waals surface area contributed by atoms with Crippen molar-refractivity contribution in [3.05, 3.63) is 82.4 Å². The third-order valence-electron chi connectivity index (χ3n) is 5.23. The molecule has 0 aliphatic heterocycles. The number of hydrogen-bond acceptors (Lipinski definition) is 5. The Morgan fingerprint density at radius 1 is 1.03 bits per heavy atom. The molecule has 0 radical (unpaired) electrons. The van der Waals surface area contributed by atoms with Crippen LogP contribution >= 0.6 is 11.6 Å². The first-order chi connectivity index (χ1) is 16.5. The van der Waals surface area contributed by atoms with Crippen molar-refractivity contribution >= 4 is 44.8 Å². The molecule has 3 rings (SSSR count). The predicted octanol–water partition coefficient (Wildman–Crippen LogP) is 3.83. The minimum atomic E-state index is -4.22. The number of primary amides is 1. The summed E-state index contributed by atoms with van der Waals surface area (Å²) in [6, 6.07) is 16.1. The van der Waals surface area contributed by atoms with Gasteiger partial charge in [-0.2, -0.15) is 0 Å². The van der Waals surface area contributed by atoms with Crippen molar-refractivity contribution in [2.75, 3.05) is 23.3 Å². The first-order valence-electron chi connectivity index (χ1n) is 10.6. The van der Waals surface area contributed by atoms with E-state index in [0.29, 0.717) is 21.8 Å². The van der Waals surface area contributed by atoms with Crippen molar-refractivity contribution < 1.29 is 22.7 Å². The van der Waals surface area contributed by atoms with Crippen LogP contribution in [-0.4, -0.2) is 33.9 Å². The second kappa shape index (κ2) is 10.8. The summed E-state index contributed by atoms with van der Waals surface area (Å²) >= 11 is 6.28. The molecule has 3 aromatic carbocycles. The summed E-state index contributed by atoms with van der Waals surface area (Å²) in [4.78, 5) is 24.0. The molecular formula is C25H26ClN3O5S. The zero-order chi connectivity index (χ0) is 25.8. The average molecular weight is 516 g/mol. The van der Waals surface area contributed by atoms with E-state index in [0.717, 1.165) is 9.87 Å². The summed E-state index contributed by atoms with van der Waals surface area (Å²) in [6.07, 6.45) is 0.0761. The molecule has 0 saturated heterocycles. The summed E-state index contributed by atoms with van der Waals surface area (Å²) < 4.78 is 33.8. The molecule has 0 saturated carbocycles. The van der Waals surface area contributed by atoms with Gasteiger partial charge in [0.05, 0.1) is 19.2 Å². The fourth-order valence-electron chi connectivity index (χ4n) is 3.39. The maximum atomic E-state index is 13.8. The lowest BCUT2D eigenvalue weighted by atomic mass is 10.1. The van der Waals surface area contributed by atoms with Gasteiger partial charge in [-0.05, 0) is 66.9 Å². The molecule has 0 unspecified atom stereocenters. The van der Waals surface area contributed by atoms with E-state index in [1.165, 1.54) is 19.2 Å². The quantitative estimate of drug-likeness (QED) is 0.449. The summed E-state index contributed by atoms with van der Waals surface area (Å²) in [6.45, 7) is 3.05. The standard InChI is InChI=1S/C25H26ClN3O5S/c1-16-4-11-22(34-3)23(12-16)35(32,33)29(20-10-5-17(2)21(26)14-20)15-25(31)28-19-8-6-18(7-9-19)13-24(27)30/h4-12,14H,13,15H2,1-3H3,(H2,27,30)(H,28,31). The van der Waals surface area contributed by atoms with E-state index in [1.807, 2.05) is 0 Å². The largest absolute Gasteiger partial charge is 0.495 e. The first-order valence-corrected chi connectivity index (χ1v) is 12.4. The van der Waals surface area contributed by atoms with Gasteiger partial charge in [-0.1, -0.05) is 35.9 Å². The first kappa shape index (κ1) is 26.1. The van der Waals surface area contributed by atoms with Crippen LogP contribution in [0, 0.1) is 13.8 Å².